The van der Waals surface area contributed by atoms with Gasteiger partial charge >= 0.3 is 0 Å². The molecule has 2 radical (unpaired) electrons. The maximum Gasteiger partial charge on any atom is 0 e. The second kappa shape index (κ2) is 8.40. The third-order valence-corrected chi connectivity index (χ3v) is 7.71. The van der Waals surface area contributed by atoms with E-state index in [1.54, 1.807) is 11.8 Å². The summed E-state index contributed by atoms with van der Waals surface area (Å²) >= 11 is 0. The average Bonchev–Trinajstić information content (AvgIpc) is 2.71. The molecule has 0 bridgehead atoms. The van der Waals surface area contributed by atoms with Gasteiger partial charge in [0.15, 0.2) is 0 Å². The molecule has 0 nitrogen and oxygen atoms in total. The number of rotatable bonds is 0. The molecule has 124 valence electrons. The van der Waals surface area contributed by atoms with Gasteiger partial charge in [0.05, 0.1) is 0 Å². The standard InChI is InChI=1S/C10H20.C10H18.Cr/c2*1-6-7(2)9(4)10(5)8(6)3;/h6-10H,1-5H3;6-8H,1-5H3;. The fourth-order valence-electron chi connectivity index (χ4n) is 4.33. The predicted molar refractivity (Wildman–Crippen MR) is 91.1 cm³/mol. The Kier molecular flexibility index (Phi) is 8.62. The van der Waals surface area contributed by atoms with Crippen molar-refractivity contribution in [2.24, 2.45) is 47.3 Å². The Morgan fingerprint density at radius 1 is 0.429 bits per heavy atom. The van der Waals surface area contributed by atoms with Crippen molar-refractivity contribution in [2.45, 2.75) is 69.2 Å². The van der Waals surface area contributed by atoms with Crippen LogP contribution < -0.4 is 0 Å². The minimum atomic E-state index is 0. The maximum atomic E-state index is 2.40. The van der Waals surface area contributed by atoms with E-state index in [1.807, 2.05) is 0 Å². The molecular weight excluding hydrogens is 292 g/mol. The van der Waals surface area contributed by atoms with Gasteiger partial charge in [0, 0.05) is 17.4 Å². The SMILES string of the molecule is CC1C(C)C(C)C(C)C1C.C[C]1[C](C)C(C)C(C)C1C.[Cr]. The van der Waals surface area contributed by atoms with E-state index >= 15 is 0 Å². The summed E-state index contributed by atoms with van der Waals surface area (Å²) in [6, 6.07) is 0. The molecule has 2 saturated carbocycles. The van der Waals surface area contributed by atoms with Gasteiger partial charge < -0.3 is 0 Å². The molecule has 2 rings (SSSR count). The van der Waals surface area contributed by atoms with E-state index in [-0.39, 0.29) is 17.4 Å². The Morgan fingerprint density at radius 3 is 0.714 bits per heavy atom. The first kappa shape index (κ1) is 21.5. The average molecular weight is 331 g/mol. The Morgan fingerprint density at radius 2 is 0.619 bits per heavy atom. The summed E-state index contributed by atoms with van der Waals surface area (Å²) in [6.07, 6.45) is 0. The van der Waals surface area contributed by atoms with Crippen molar-refractivity contribution in [1.82, 2.24) is 0 Å². The van der Waals surface area contributed by atoms with Crippen LogP contribution in [0.4, 0.5) is 0 Å². The molecule has 2 unspecified atom stereocenters. The van der Waals surface area contributed by atoms with Crippen molar-refractivity contribution in [1.29, 1.82) is 0 Å². The van der Waals surface area contributed by atoms with Crippen molar-refractivity contribution in [3.8, 4) is 0 Å². The largest absolute Gasteiger partial charge is 0.0620 e. The fourth-order valence-corrected chi connectivity index (χ4v) is 4.33. The molecule has 0 aromatic rings. The summed E-state index contributed by atoms with van der Waals surface area (Å²) in [5, 5.41) is 0. The van der Waals surface area contributed by atoms with Gasteiger partial charge in [-0.2, -0.15) is 0 Å². The second-order valence-electron chi connectivity index (χ2n) is 8.10. The van der Waals surface area contributed by atoms with Crippen LogP contribution in [-0.4, -0.2) is 0 Å². The Hall–Kier alpha value is 0.532. The molecule has 21 heavy (non-hydrogen) atoms. The molecule has 0 heterocycles. The van der Waals surface area contributed by atoms with E-state index in [0.717, 1.165) is 47.3 Å². The molecule has 2 aliphatic rings. The van der Waals surface area contributed by atoms with Crippen molar-refractivity contribution < 1.29 is 17.4 Å². The summed E-state index contributed by atoms with van der Waals surface area (Å²) in [5.41, 5.74) is 0. The van der Waals surface area contributed by atoms with Crippen molar-refractivity contribution in [3.63, 3.8) is 0 Å². The molecule has 2 fully saturated rings. The number of hydrogen-bond donors (Lipinski definition) is 0. The molecular formula is C20H38Cr. The van der Waals surface area contributed by atoms with Crippen LogP contribution in [0.1, 0.15) is 69.2 Å². The third-order valence-electron chi connectivity index (χ3n) is 7.71. The first-order valence-corrected chi connectivity index (χ1v) is 8.78. The molecule has 0 aromatic heterocycles. The summed E-state index contributed by atoms with van der Waals surface area (Å²) in [4.78, 5) is 0. The van der Waals surface area contributed by atoms with E-state index < -0.39 is 0 Å². The Labute approximate surface area is 146 Å². The summed E-state index contributed by atoms with van der Waals surface area (Å²) in [6.45, 7) is 23.6. The quantitative estimate of drug-likeness (QED) is 0.490. The van der Waals surface area contributed by atoms with E-state index in [0.29, 0.717) is 0 Å². The van der Waals surface area contributed by atoms with Gasteiger partial charge in [-0.15, -0.1) is 0 Å². The Balaban J connectivity index is 0.000000364. The van der Waals surface area contributed by atoms with Crippen LogP contribution >= 0.6 is 0 Å². The number of hydrogen-bond acceptors (Lipinski definition) is 0. The molecule has 0 saturated heterocycles. The summed E-state index contributed by atoms with van der Waals surface area (Å²) < 4.78 is 0. The zero-order valence-electron chi connectivity index (χ0n) is 16.0. The van der Waals surface area contributed by atoms with E-state index in [9.17, 15) is 0 Å². The first-order chi connectivity index (χ1) is 9.11. The fraction of sp³-hybridized carbons (Fsp3) is 0.900. The van der Waals surface area contributed by atoms with Crippen molar-refractivity contribution >= 4 is 0 Å². The van der Waals surface area contributed by atoms with Gasteiger partial charge in [0.2, 0.25) is 0 Å². The van der Waals surface area contributed by atoms with Crippen LogP contribution in [0, 0.1) is 59.2 Å². The minimum Gasteiger partial charge on any atom is -0.0620 e. The molecule has 2 aliphatic carbocycles. The summed E-state index contributed by atoms with van der Waals surface area (Å²) in [7, 11) is 0. The van der Waals surface area contributed by atoms with Crippen LogP contribution in [0.5, 0.6) is 0 Å². The second-order valence-corrected chi connectivity index (χ2v) is 8.10. The Bertz CT molecular complexity index is 181. The van der Waals surface area contributed by atoms with Gasteiger partial charge in [-0.25, -0.2) is 0 Å². The van der Waals surface area contributed by atoms with E-state index in [2.05, 4.69) is 69.2 Å². The molecule has 0 spiro atoms. The molecule has 0 amide bonds. The molecule has 1 heteroatoms. The minimum absolute atomic E-state index is 0. The van der Waals surface area contributed by atoms with Crippen LogP contribution in [0.25, 0.3) is 0 Å². The smallest absolute Gasteiger partial charge is 0 e. The van der Waals surface area contributed by atoms with Gasteiger partial charge in [0.25, 0.3) is 0 Å². The molecule has 0 N–H and O–H groups in total. The van der Waals surface area contributed by atoms with Crippen molar-refractivity contribution in [3.05, 3.63) is 11.8 Å². The first-order valence-electron chi connectivity index (χ1n) is 8.78. The summed E-state index contributed by atoms with van der Waals surface area (Å²) in [5.74, 6) is 10.4. The molecule has 0 aliphatic heterocycles. The predicted octanol–water partition coefficient (Wildman–Crippen LogP) is 6.28. The van der Waals surface area contributed by atoms with E-state index in [1.165, 1.54) is 0 Å². The maximum absolute atomic E-state index is 2.40. The zero-order valence-corrected chi connectivity index (χ0v) is 17.3. The van der Waals surface area contributed by atoms with E-state index in [4.69, 9.17) is 0 Å². The van der Waals surface area contributed by atoms with Gasteiger partial charge in [-0.3, -0.25) is 0 Å². The van der Waals surface area contributed by atoms with Gasteiger partial charge in [-0.1, -0.05) is 69.2 Å². The monoisotopic (exact) mass is 330 g/mol. The normalized spacial score (nSPS) is 47.7. The van der Waals surface area contributed by atoms with Gasteiger partial charge in [-0.05, 0) is 59.2 Å². The topological polar surface area (TPSA) is 0 Å². The molecule has 0 aromatic carbocycles. The van der Waals surface area contributed by atoms with Gasteiger partial charge in [0.1, 0.15) is 0 Å². The van der Waals surface area contributed by atoms with Crippen LogP contribution in [0.3, 0.4) is 0 Å². The zero-order chi connectivity index (χ0) is 15.8. The van der Waals surface area contributed by atoms with Crippen LogP contribution in [-0.2, 0) is 17.4 Å². The van der Waals surface area contributed by atoms with Crippen molar-refractivity contribution in [2.75, 3.05) is 0 Å². The molecule has 2 atom stereocenters. The third kappa shape index (κ3) is 4.29. The van der Waals surface area contributed by atoms with Crippen LogP contribution in [0.15, 0.2) is 0 Å². The van der Waals surface area contributed by atoms with Crippen LogP contribution in [0.2, 0.25) is 0 Å².